The summed E-state index contributed by atoms with van der Waals surface area (Å²) in [5, 5.41) is 7.80. The highest BCUT2D eigenvalue weighted by molar-refractivity contribution is 7.90. The summed E-state index contributed by atoms with van der Waals surface area (Å²) in [6.07, 6.45) is 1.20. The Morgan fingerprint density at radius 3 is 2.88 bits per heavy atom. The first-order valence-electron chi connectivity index (χ1n) is 4.72. The van der Waals surface area contributed by atoms with Crippen LogP contribution in [0.5, 0.6) is 0 Å². The average Bonchev–Trinajstić information content (AvgIpc) is 2.56. The Bertz CT molecular complexity index is 617. The number of hydrogen-bond donors (Lipinski definition) is 1. The average molecular weight is 240 g/mol. The lowest BCUT2D eigenvalue weighted by atomic mass is 10.3. The van der Waals surface area contributed by atoms with Gasteiger partial charge in [-0.2, -0.15) is 0 Å². The number of sulfone groups is 1. The van der Waals surface area contributed by atoms with Crippen molar-refractivity contribution in [2.75, 3.05) is 17.7 Å². The molecule has 7 heteroatoms. The van der Waals surface area contributed by atoms with E-state index in [4.69, 9.17) is 5.73 Å². The molecule has 0 bridgehead atoms. The molecule has 1 aromatic carbocycles. The van der Waals surface area contributed by atoms with Crippen molar-refractivity contribution >= 4 is 26.6 Å². The molecule has 2 N–H and O–H groups in total. The van der Waals surface area contributed by atoms with Crippen molar-refractivity contribution in [3.63, 3.8) is 0 Å². The maximum Gasteiger partial charge on any atom is 0.149 e. The molecule has 2 aromatic rings. The van der Waals surface area contributed by atoms with Crippen molar-refractivity contribution in [1.82, 2.24) is 15.0 Å². The summed E-state index contributed by atoms with van der Waals surface area (Å²) < 4.78 is 23.6. The Morgan fingerprint density at radius 2 is 2.19 bits per heavy atom. The van der Waals surface area contributed by atoms with Crippen LogP contribution in [0.15, 0.2) is 18.2 Å². The lowest BCUT2D eigenvalue weighted by molar-refractivity contribution is 0.585. The molecule has 0 aliphatic heterocycles. The van der Waals surface area contributed by atoms with E-state index in [1.54, 1.807) is 22.9 Å². The molecule has 0 aliphatic carbocycles. The van der Waals surface area contributed by atoms with E-state index in [2.05, 4.69) is 10.3 Å². The number of hydrogen-bond acceptors (Lipinski definition) is 5. The molecule has 2 rings (SSSR count). The summed E-state index contributed by atoms with van der Waals surface area (Å²) in [5.41, 5.74) is 7.68. The molecule has 6 nitrogen and oxygen atoms in total. The Balaban J connectivity index is 2.32. The number of fused-ring (bicyclic) bond motifs is 1. The van der Waals surface area contributed by atoms with Crippen molar-refractivity contribution in [3.8, 4) is 0 Å². The third kappa shape index (κ3) is 2.30. The van der Waals surface area contributed by atoms with Gasteiger partial charge in [0, 0.05) is 11.9 Å². The van der Waals surface area contributed by atoms with Crippen molar-refractivity contribution < 1.29 is 8.42 Å². The van der Waals surface area contributed by atoms with Gasteiger partial charge >= 0.3 is 0 Å². The molecule has 0 spiro atoms. The van der Waals surface area contributed by atoms with Gasteiger partial charge < -0.3 is 5.73 Å². The van der Waals surface area contributed by atoms with Crippen LogP contribution in [-0.2, 0) is 16.4 Å². The van der Waals surface area contributed by atoms with Crippen LogP contribution in [0.1, 0.15) is 0 Å². The quantitative estimate of drug-likeness (QED) is 0.766. The normalized spacial score (nSPS) is 12.1. The largest absolute Gasteiger partial charge is 0.399 e. The highest BCUT2D eigenvalue weighted by atomic mass is 32.2. The molecule has 0 saturated heterocycles. The number of nitrogen functional groups attached to an aromatic ring is 1. The molecule has 86 valence electrons. The zero-order valence-electron chi connectivity index (χ0n) is 8.79. The Labute approximate surface area is 93.0 Å². The van der Waals surface area contributed by atoms with Crippen molar-refractivity contribution in [2.24, 2.45) is 0 Å². The molecule has 0 amide bonds. The predicted molar refractivity (Wildman–Crippen MR) is 61.7 cm³/mol. The zero-order valence-corrected chi connectivity index (χ0v) is 9.61. The molecule has 1 heterocycles. The molecule has 0 saturated carbocycles. The second-order valence-corrected chi connectivity index (χ2v) is 5.95. The first-order chi connectivity index (χ1) is 7.46. The summed E-state index contributed by atoms with van der Waals surface area (Å²) in [6, 6.07) is 5.23. The number of nitrogens with two attached hydrogens (primary N) is 1. The molecule has 16 heavy (non-hydrogen) atoms. The number of nitrogens with zero attached hydrogens (tertiary/aromatic N) is 3. The highest BCUT2D eigenvalue weighted by Gasteiger charge is 2.07. The number of benzene rings is 1. The molecule has 0 fully saturated rings. The second-order valence-electron chi connectivity index (χ2n) is 3.69. The van der Waals surface area contributed by atoms with Crippen LogP contribution in [-0.4, -0.2) is 35.4 Å². The Morgan fingerprint density at radius 1 is 1.44 bits per heavy atom. The standard InChI is InChI=1S/C9H12N4O2S/c1-16(14,15)5-4-13-9-3-2-7(10)6-8(9)11-12-13/h2-3,6H,4-5,10H2,1H3. The van der Waals surface area contributed by atoms with E-state index in [1.165, 1.54) is 6.26 Å². The SMILES string of the molecule is CS(=O)(=O)CCn1nnc2cc(N)ccc21. The minimum absolute atomic E-state index is 0.0514. The summed E-state index contributed by atoms with van der Waals surface area (Å²) in [4.78, 5) is 0. The van der Waals surface area contributed by atoms with Crippen LogP contribution >= 0.6 is 0 Å². The van der Waals surface area contributed by atoms with Gasteiger partial charge in [0.05, 0.1) is 17.8 Å². The second kappa shape index (κ2) is 3.75. The predicted octanol–water partition coefficient (Wildman–Crippen LogP) is 0.0581. The smallest absolute Gasteiger partial charge is 0.149 e. The molecule has 1 aromatic heterocycles. The van der Waals surface area contributed by atoms with Crippen LogP contribution in [0.3, 0.4) is 0 Å². The summed E-state index contributed by atoms with van der Waals surface area (Å²) >= 11 is 0. The molecular weight excluding hydrogens is 228 g/mol. The van der Waals surface area contributed by atoms with Gasteiger partial charge in [-0.05, 0) is 18.2 Å². The van der Waals surface area contributed by atoms with Gasteiger partial charge in [0.15, 0.2) is 0 Å². The lowest BCUT2D eigenvalue weighted by Gasteiger charge is -2.00. The van der Waals surface area contributed by atoms with Crippen LogP contribution in [0.4, 0.5) is 5.69 Å². The lowest BCUT2D eigenvalue weighted by Crippen LogP contribution is -2.12. The summed E-state index contributed by atoms with van der Waals surface area (Å²) in [5.74, 6) is 0.0514. The minimum Gasteiger partial charge on any atom is -0.399 e. The van der Waals surface area contributed by atoms with Gasteiger partial charge in [-0.25, -0.2) is 13.1 Å². The Kier molecular flexibility index (Phi) is 2.55. The first-order valence-corrected chi connectivity index (χ1v) is 6.78. The van der Waals surface area contributed by atoms with Crippen LogP contribution in [0, 0.1) is 0 Å². The third-order valence-electron chi connectivity index (χ3n) is 2.21. The van der Waals surface area contributed by atoms with Crippen molar-refractivity contribution in [2.45, 2.75) is 6.54 Å². The number of aromatic nitrogens is 3. The van der Waals surface area contributed by atoms with Gasteiger partial charge in [-0.15, -0.1) is 5.10 Å². The van der Waals surface area contributed by atoms with Gasteiger partial charge in [0.25, 0.3) is 0 Å². The van der Waals surface area contributed by atoms with E-state index >= 15 is 0 Å². The zero-order chi connectivity index (χ0) is 11.8. The number of rotatable bonds is 3. The number of aryl methyl sites for hydroxylation is 1. The van der Waals surface area contributed by atoms with E-state index in [-0.39, 0.29) is 5.75 Å². The third-order valence-corrected chi connectivity index (χ3v) is 3.14. The van der Waals surface area contributed by atoms with Gasteiger partial charge in [0.2, 0.25) is 0 Å². The molecule has 0 unspecified atom stereocenters. The van der Waals surface area contributed by atoms with Gasteiger partial charge in [-0.3, -0.25) is 0 Å². The van der Waals surface area contributed by atoms with E-state index in [1.807, 2.05) is 0 Å². The highest BCUT2D eigenvalue weighted by Crippen LogP contribution is 2.14. The van der Waals surface area contributed by atoms with Crippen molar-refractivity contribution in [1.29, 1.82) is 0 Å². The van der Waals surface area contributed by atoms with Crippen LogP contribution in [0.2, 0.25) is 0 Å². The summed E-state index contributed by atoms with van der Waals surface area (Å²) in [7, 11) is -2.99. The molecule has 0 atom stereocenters. The maximum atomic E-state index is 11.0. The van der Waals surface area contributed by atoms with Gasteiger partial charge in [-0.1, -0.05) is 5.21 Å². The van der Waals surface area contributed by atoms with E-state index in [9.17, 15) is 8.42 Å². The topological polar surface area (TPSA) is 90.9 Å². The first kappa shape index (κ1) is 10.9. The summed E-state index contributed by atoms with van der Waals surface area (Å²) in [6.45, 7) is 0.305. The fourth-order valence-corrected chi connectivity index (χ4v) is 1.91. The molecule has 0 aliphatic rings. The Hall–Kier alpha value is -1.63. The molecular formula is C9H12N4O2S. The van der Waals surface area contributed by atoms with E-state index in [0.29, 0.717) is 17.7 Å². The van der Waals surface area contributed by atoms with Gasteiger partial charge in [0.1, 0.15) is 15.4 Å². The maximum absolute atomic E-state index is 11.0. The monoisotopic (exact) mass is 240 g/mol. The van der Waals surface area contributed by atoms with Crippen LogP contribution < -0.4 is 5.73 Å². The van der Waals surface area contributed by atoms with Crippen molar-refractivity contribution in [3.05, 3.63) is 18.2 Å². The van der Waals surface area contributed by atoms with E-state index < -0.39 is 9.84 Å². The molecule has 0 radical (unpaired) electrons. The fourth-order valence-electron chi connectivity index (χ4n) is 1.41. The van der Waals surface area contributed by atoms with Crippen LogP contribution in [0.25, 0.3) is 11.0 Å². The number of anilines is 1. The fraction of sp³-hybridized carbons (Fsp3) is 0.333. The van der Waals surface area contributed by atoms with E-state index in [0.717, 1.165) is 5.52 Å². The minimum atomic E-state index is -2.99.